The van der Waals surface area contributed by atoms with E-state index in [1.807, 2.05) is 13.4 Å². The van der Waals surface area contributed by atoms with Gasteiger partial charge < -0.3 is 14.2 Å². The van der Waals surface area contributed by atoms with Crippen LogP contribution in [0.4, 0.5) is 0 Å². The van der Waals surface area contributed by atoms with E-state index in [0.29, 0.717) is 6.61 Å². The summed E-state index contributed by atoms with van der Waals surface area (Å²) in [6.07, 6.45) is 1.87. The Labute approximate surface area is 146 Å². The molecule has 0 N–H and O–H groups in total. The first-order chi connectivity index (χ1) is 11.5. The molecule has 0 bridgehead atoms. The molecule has 3 rings (SSSR count). The second kappa shape index (κ2) is 7.46. The summed E-state index contributed by atoms with van der Waals surface area (Å²) in [6.45, 7) is 3.37. The Morgan fingerprint density at radius 2 is 2.33 bits per heavy atom. The smallest absolute Gasteiger partial charge is 0.248 e. The monoisotopic (exact) mass is 348 g/mol. The molecule has 24 heavy (non-hydrogen) atoms. The van der Waals surface area contributed by atoms with E-state index in [-0.39, 0.29) is 18.4 Å². The van der Waals surface area contributed by atoms with Crippen molar-refractivity contribution in [1.29, 1.82) is 0 Å². The standard InChI is InChI=1S/C17H24N4O2S/c1-19(2)16(22)11-23-10-13-7-21(8-14-5-4-6-24-14)9-15-17(13)20(3)12-18-15/h4-6,12-13H,7-11H2,1-3H3/t13-/m1/s1. The molecule has 0 radical (unpaired) electrons. The molecule has 0 unspecified atom stereocenters. The lowest BCUT2D eigenvalue weighted by Gasteiger charge is -2.32. The van der Waals surface area contributed by atoms with Crippen molar-refractivity contribution in [2.75, 3.05) is 33.9 Å². The summed E-state index contributed by atoms with van der Waals surface area (Å²) in [5.74, 6) is 0.225. The molecule has 2 aromatic heterocycles. The molecular formula is C17H24N4O2S. The van der Waals surface area contributed by atoms with E-state index in [0.717, 1.165) is 25.3 Å². The van der Waals surface area contributed by atoms with Crippen molar-refractivity contribution in [1.82, 2.24) is 19.4 Å². The zero-order valence-corrected chi connectivity index (χ0v) is 15.3. The van der Waals surface area contributed by atoms with Crippen LogP contribution in [0.2, 0.25) is 0 Å². The average molecular weight is 348 g/mol. The number of hydrogen-bond donors (Lipinski definition) is 0. The fourth-order valence-corrected chi connectivity index (χ4v) is 3.85. The van der Waals surface area contributed by atoms with Gasteiger partial charge in [-0.3, -0.25) is 9.69 Å². The van der Waals surface area contributed by atoms with Crippen LogP contribution >= 0.6 is 11.3 Å². The van der Waals surface area contributed by atoms with Crippen molar-refractivity contribution in [2.45, 2.75) is 19.0 Å². The second-order valence-corrected chi connectivity index (χ2v) is 7.47. The van der Waals surface area contributed by atoms with Gasteiger partial charge >= 0.3 is 0 Å². The highest BCUT2D eigenvalue weighted by atomic mass is 32.1. The zero-order chi connectivity index (χ0) is 17.1. The Morgan fingerprint density at radius 1 is 1.50 bits per heavy atom. The van der Waals surface area contributed by atoms with Gasteiger partial charge in [-0.05, 0) is 11.4 Å². The molecular weight excluding hydrogens is 324 g/mol. The van der Waals surface area contributed by atoms with E-state index < -0.39 is 0 Å². The van der Waals surface area contributed by atoms with E-state index >= 15 is 0 Å². The van der Waals surface area contributed by atoms with Gasteiger partial charge in [0.15, 0.2) is 0 Å². The van der Waals surface area contributed by atoms with Gasteiger partial charge in [0.25, 0.3) is 0 Å². The summed E-state index contributed by atoms with van der Waals surface area (Å²) in [5, 5.41) is 2.11. The second-order valence-electron chi connectivity index (χ2n) is 6.44. The topological polar surface area (TPSA) is 50.6 Å². The van der Waals surface area contributed by atoms with Crippen LogP contribution in [-0.2, 0) is 29.7 Å². The lowest BCUT2D eigenvalue weighted by atomic mass is 9.99. The Hall–Kier alpha value is -1.70. The zero-order valence-electron chi connectivity index (χ0n) is 14.4. The maximum Gasteiger partial charge on any atom is 0.248 e. The van der Waals surface area contributed by atoms with E-state index in [9.17, 15) is 4.79 Å². The van der Waals surface area contributed by atoms with Crippen LogP contribution in [0.1, 0.15) is 22.2 Å². The molecule has 1 aliphatic rings. The highest BCUT2D eigenvalue weighted by Crippen LogP contribution is 2.29. The molecule has 1 aliphatic heterocycles. The van der Waals surface area contributed by atoms with Crippen LogP contribution in [0.15, 0.2) is 23.8 Å². The number of carbonyl (C=O) groups excluding carboxylic acids is 1. The molecule has 0 saturated heterocycles. The number of carbonyl (C=O) groups is 1. The van der Waals surface area contributed by atoms with Gasteiger partial charge in [0, 0.05) is 57.3 Å². The summed E-state index contributed by atoms with van der Waals surface area (Å²) in [4.78, 5) is 21.6. The van der Waals surface area contributed by atoms with Gasteiger partial charge in [-0.2, -0.15) is 0 Å². The minimum Gasteiger partial charge on any atom is -0.371 e. The van der Waals surface area contributed by atoms with Crippen LogP contribution in [0.5, 0.6) is 0 Å². The lowest BCUT2D eigenvalue weighted by molar-refractivity contribution is -0.133. The molecule has 0 aliphatic carbocycles. The first-order valence-electron chi connectivity index (χ1n) is 8.07. The van der Waals surface area contributed by atoms with Gasteiger partial charge in [0.2, 0.25) is 5.91 Å². The van der Waals surface area contributed by atoms with Crippen molar-refractivity contribution in [3.05, 3.63) is 40.1 Å². The van der Waals surface area contributed by atoms with Gasteiger partial charge in [0.05, 0.1) is 18.6 Å². The van der Waals surface area contributed by atoms with E-state index in [2.05, 4.69) is 32.0 Å². The van der Waals surface area contributed by atoms with E-state index in [4.69, 9.17) is 4.74 Å². The number of imidazole rings is 1. The summed E-state index contributed by atoms with van der Waals surface area (Å²) < 4.78 is 7.79. The van der Waals surface area contributed by atoms with Crippen molar-refractivity contribution >= 4 is 17.2 Å². The molecule has 0 saturated carbocycles. The number of fused-ring (bicyclic) bond motifs is 1. The molecule has 0 fully saturated rings. The highest BCUT2D eigenvalue weighted by molar-refractivity contribution is 7.09. The Morgan fingerprint density at radius 3 is 3.04 bits per heavy atom. The van der Waals surface area contributed by atoms with Crippen molar-refractivity contribution in [3.8, 4) is 0 Å². The molecule has 2 aromatic rings. The van der Waals surface area contributed by atoms with Crippen molar-refractivity contribution < 1.29 is 9.53 Å². The fraction of sp³-hybridized carbons (Fsp3) is 0.529. The molecule has 1 atom stereocenters. The molecule has 0 aromatic carbocycles. The third kappa shape index (κ3) is 3.85. The Bertz CT molecular complexity index is 681. The minimum atomic E-state index is -0.00789. The number of nitrogens with zero attached hydrogens (tertiary/aromatic N) is 4. The normalized spacial score (nSPS) is 17.7. The third-order valence-corrected chi connectivity index (χ3v) is 5.17. The van der Waals surface area contributed by atoms with E-state index in [1.54, 1.807) is 30.3 Å². The molecule has 130 valence electrons. The van der Waals surface area contributed by atoms with Gasteiger partial charge in [0.1, 0.15) is 6.61 Å². The maximum atomic E-state index is 11.7. The van der Waals surface area contributed by atoms with Crippen LogP contribution in [0.25, 0.3) is 0 Å². The minimum absolute atomic E-state index is 0.00789. The average Bonchev–Trinajstić information content (AvgIpc) is 3.17. The van der Waals surface area contributed by atoms with Crippen LogP contribution in [0.3, 0.4) is 0 Å². The molecule has 6 nitrogen and oxygen atoms in total. The van der Waals surface area contributed by atoms with Crippen LogP contribution < -0.4 is 0 Å². The van der Waals surface area contributed by atoms with E-state index in [1.165, 1.54) is 10.6 Å². The Balaban J connectivity index is 1.66. The summed E-state index contributed by atoms with van der Waals surface area (Å²) in [7, 11) is 5.52. The summed E-state index contributed by atoms with van der Waals surface area (Å²) in [6, 6.07) is 4.25. The van der Waals surface area contributed by atoms with Crippen molar-refractivity contribution in [3.63, 3.8) is 0 Å². The first kappa shape index (κ1) is 17.1. The fourth-order valence-electron chi connectivity index (χ4n) is 3.10. The number of rotatable bonds is 6. The van der Waals surface area contributed by atoms with Crippen LogP contribution in [0, 0.1) is 0 Å². The van der Waals surface area contributed by atoms with Gasteiger partial charge in [-0.1, -0.05) is 6.07 Å². The first-order valence-corrected chi connectivity index (χ1v) is 8.95. The number of aromatic nitrogens is 2. The maximum absolute atomic E-state index is 11.7. The highest BCUT2D eigenvalue weighted by Gasteiger charge is 2.29. The number of thiophene rings is 1. The summed E-state index contributed by atoms with van der Waals surface area (Å²) in [5.41, 5.74) is 2.35. The number of ether oxygens (including phenoxy) is 1. The summed E-state index contributed by atoms with van der Waals surface area (Å²) >= 11 is 1.78. The van der Waals surface area contributed by atoms with Gasteiger partial charge in [-0.15, -0.1) is 11.3 Å². The quantitative estimate of drug-likeness (QED) is 0.797. The Kier molecular flexibility index (Phi) is 5.33. The third-order valence-electron chi connectivity index (χ3n) is 4.30. The number of aryl methyl sites for hydroxylation is 1. The van der Waals surface area contributed by atoms with Crippen LogP contribution in [-0.4, -0.2) is 59.1 Å². The SMILES string of the molecule is CN(C)C(=O)COC[C@H]1CN(Cc2cccs2)Cc2ncn(C)c21. The molecule has 7 heteroatoms. The van der Waals surface area contributed by atoms with Gasteiger partial charge in [-0.25, -0.2) is 4.98 Å². The predicted octanol–water partition coefficient (Wildman–Crippen LogP) is 1.69. The number of likely N-dealkylation sites (N-methyl/N-ethyl adjacent to an activating group) is 1. The lowest BCUT2D eigenvalue weighted by Crippen LogP contribution is -2.36. The van der Waals surface area contributed by atoms with Crippen molar-refractivity contribution in [2.24, 2.45) is 7.05 Å². The molecule has 3 heterocycles. The largest absolute Gasteiger partial charge is 0.371 e. The predicted molar refractivity (Wildman–Crippen MR) is 93.9 cm³/mol. The number of hydrogen-bond acceptors (Lipinski definition) is 5. The number of amides is 1. The molecule has 1 amide bonds. The molecule has 0 spiro atoms.